The number of hydrogen-bond acceptors (Lipinski definition) is 5. The lowest BCUT2D eigenvalue weighted by atomic mass is 10.1. The highest BCUT2D eigenvalue weighted by Crippen LogP contribution is 2.32. The van der Waals surface area contributed by atoms with Crippen molar-refractivity contribution in [2.45, 2.75) is 18.6 Å². The number of nitrogens with zero attached hydrogens (tertiary/aromatic N) is 4. The minimum Gasteiger partial charge on any atom is -0.317 e. The van der Waals surface area contributed by atoms with Crippen LogP contribution in [0.1, 0.15) is 11.3 Å². The number of rotatable bonds is 5. The fourth-order valence-corrected chi connectivity index (χ4v) is 3.50. The summed E-state index contributed by atoms with van der Waals surface area (Å²) >= 11 is 1.75. The molecule has 3 rings (SSSR count). The Morgan fingerprint density at radius 1 is 1.42 bits per heavy atom. The Kier molecular flexibility index (Phi) is 5.01. The zero-order valence-corrected chi connectivity index (χ0v) is 14.9. The van der Waals surface area contributed by atoms with Crippen molar-refractivity contribution in [3.63, 3.8) is 0 Å². The molecule has 24 heavy (non-hydrogen) atoms. The van der Waals surface area contributed by atoms with E-state index < -0.39 is 0 Å². The van der Waals surface area contributed by atoms with E-state index in [1.807, 2.05) is 14.1 Å². The average Bonchev–Trinajstić information content (AvgIpc) is 3.09. The third-order valence-corrected chi connectivity index (χ3v) is 4.64. The molecule has 0 spiro atoms. The molecule has 0 aliphatic carbocycles. The third kappa shape index (κ3) is 3.68. The Hall–Kier alpha value is -2.12. The quantitative estimate of drug-likeness (QED) is 0.666. The van der Waals surface area contributed by atoms with E-state index in [2.05, 4.69) is 46.3 Å². The van der Waals surface area contributed by atoms with Crippen LogP contribution in [0.5, 0.6) is 0 Å². The van der Waals surface area contributed by atoms with Gasteiger partial charge in [-0.25, -0.2) is 10.4 Å². The van der Waals surface area contributed by atoms with Crippen molar-refractivity contribution in [3.05, 3.63) is 35.5 Å². The van der Waals surface area contributed by atoms with Gasteiger partial charge in [-0.05, 0) is 21.0 Å². The minimum absolute atomic E-state index is 0.135. The maximum atomic E-state index is 11.7. The summed E-state index contributed by atoms with van der Waals surface area (Å²) in [6.45, 7) is 3.28. The lowest BCUT2D eigenvalue weighted by Crippen LogP contribution is -2.30. The number of likely N-dealkylation sites (N-methyl/N-ethyl adjacent to an activating group) is 1. The number of fused-ring (bicyclic) bond motifs is 1. The summed E-state index contributed by atoms with van der Waals surface area (Å²) in [5.41, 5.74) is 6.69. The summed E-state index contributed by atoms with van der Waals surface area (Å²) in [7, 11) is 3.69. The minimum atomic E-state index is -0.135. The van der Waals surface area contributed by atoms with Gasteiger partial charge in [-0.1, -0.05) is 41.6 Å². The molecule has 0 fully saturated rings. The summed E-state index contributed by atoms with van der Waals surface area (Å²) in [6.07, 6.45) is 1.70. The maximum absolute atomic E-state index is 11.7. The standard InChI is InChI=1S/C17H21N5OS/c1-12-4-6-13(7-5-12)16-14(22-8-9-24-17(22)19-16)10-18-20-15(23)11-21(2)3/h4-7,10H,8-9,11H2,1-3H3,(H,20,23). The number of hydrogen-bond donors (Lipinski definition) is 1. The van der Waals surface area contributed by atoms with E-state index >= 15 is 0 Å². The van der Waals surface area contributed by atoms with E-state index in [0.717, 1.165) is 34.4 Å². The molecular weight excluding hydrogens is 322 g/mol. The van der Waals surface area contributed by atoms with Crippen molar-refractivity contribution in [2.24, 2.45) is 5.10 Å². The summed E-state index contributed by atoms with van der Waals surface area (Å²) in [4.78, 5) is 18.3. The lowest BCUT2D eigenvalue weighted by molar-refractivity contribution is -0.121. The number of aryl methyl sites for hydroxylation is 1. The van der Waals surface area contributed by atoms with Crippen LogP contribution < -0.4 is 5.43 Å². The van der Waals surface area contributed by atoms with E-state index in [-0.39, 0.29) is 5.91 Å². The van der Waals surface area contributed by atoms with Gasteiger partial charge in [0.05, 0.1) is 24.1 Å². The Morgan fingerprint density at radius 2 is 2.17 bits per heavy atom. The molecule has 1 aliphatic rings. The third-order valence-electron chi connectivity index (χ3n) is 3.68. The first-order valence-electron chi connectivity index (χ1n) is 7.81. The van der Waals surface area contributed by atoms with Gasteiger partial charge in [-0.3, -0.25) is 4.79 Å². The number of carbonyl (C=O) groups is 1. The van der Waals surface area contributed by atoms with E-state index in [1.54, 1.807) is 22.9 Å². The molecule has 0 radical (unpaired) electrons. The summed E-state index contributed by atoms with van der Waals surface area (Å²) in [5, 5.41) is 5.13. The first kappa shape index (κ1) is 16.7. The highest BCUT2D eigenvalue weighted by atomic mass is 32.2. The molecule has 0 atom stereocenters. The SMILES string of the molecule is Cc1ccc(-c2nc3n(c2C=NNC(=O)CN(C)C)CCS3)cc1. The van der Waals surface area contributed by atoms with Crippen molar-refractivity contribution >= 4 is 23.9 Å². The van der Waals surface area contributed by atoms with Crippen LogP contribution in [0.2, 0.25) is 0 Å². The fourth-order valence-electron chi connectivity index (χ4n) is 2.54. The van der Waals surface area contributed by atoms with Gasteiger partial charge in [0.15, 0.2) is 5.16 Å². The van der Waals surface area contributed by atoms with Crippen LogP contribution in [0.4, 0.5) is 0 Å². The zero-order chi connectivity index (χ0) is 17.1. The molecule has 6 nitrogen and oxygen atoms in total. The number of aromatic nitrogens is 2. The van der Waals surface area contributed by atoms with E-state index in [1.165, 1.54) is 5.56 Å². The molecule has 7 heteroatoms. The van der Waals surface area contributed by atoms with E-state index in [9.17, 15) is 4.79 Å². The second-order valence-corrected chi connectivity index (χ2v) is 7.09. The topological polar surface area (TPSA) is 62.5 Å². The maximum Gasteiger partial charge on any atom is 0.254 e. The molecule has 126 valence electrons. The summed E-state index contributed by atoms with van der Waals surface area (Å²) in [5.74, 6) is 0.883. The molecule has 1 aromatic heterocycles. The Bertz CT molecular complexity index is 764. The smallest absolute Gasteiger partial charge is 0.254 e. The first-order valence-corrected chi connectivity index (χ1v) is 8.80. The second-order valence-electron chi connectivity index (χ2n) is 6.03. The molecule has 2 heterocycles. The largest absolute Gasteiger partial charge is 0.317 e. The van der Waals surface area contributed by atoms with Crippen LogP contribution in [0.15, 0.2) is 34.5 Å². The number of benzene rings is 1. The van der Waals surface area contributed by atoms with Crippen molar-refractivity contribution in [1.29, 1.82) is 0 Å². The molecule has 0 unspecified atom stereocenters. The zero-order valence-electron chi connectivity index (χ0n) is 14.1. The molecular formula is C17H21N5OS. The predicted octanol–water partition coefficient (Wildman–Crippen LogP) is 1.98. The number of amides is 1. The van der Waals surface area contributed by atoms with Crippen molar-refractivity contribution in [3.8, 4) is 11.3 Å². The van der Waals surface area contributed by atoms with Crippen LogP contribution in [-0.2, 0) is 11.3 Å². The van der Waals surface area contributed by atoms with Gasteiger partial charge in [0.25, 0.3) is 5.91 Å². The van der Waals surface area contributed by atoms with Gasteiger partial charge >= 0.3 is 0 Å². The fraction of sp³-hybridized carbons (Fsp3) is 0.353. The van der Waals surface area contributed by atoms with E-state index in [0.29, 0.717) is 6.54 Å². The molecule has 0 saturated carbocycles. The van der Waals surface area contributed by atoms with Gasteiger partial charge in [-0.15, -0.1) is 0 Å². The van der Waals surface area contributed by atoms with Crippen LogP contribution >= 0.6 is 11.8 Å². The highest BCUT2D eigenvalue weighted by molar-refractivity contribution is 7.99. The van der Waals surface area contributed by atoms with Gasteiger partial charge < -0.3 is 9.47 Å². The van der Waals surface area contributed by atoms with Crippen molar-refractivity contribution < 1.29 is 4.79 Å². The van der Waals surface area contributed by atoms with Gasteiger partial charge in [0.2, 0.25) is 0 Å². The highest BCUT2D eigenvalue weighted by Gasteiger charge is 2.21. The first-order chi connectivity index (χ1) is 11.5. The van der Waals surface area contributed by atoms with Gasteiger partial charge in [0.1, 0.15) is 0 Å². The molecule has 1 aromatic carbocycles. The normalized spacial score (nSPS) is 13.7. The second kappa shape index (κ2) is 7.19. The molecule has 2 aromatic rings. The molecule has 1 N–H and O–H groups in total. The number of nitrogens with one attached hydrogen (secondary N) is 1. The van der Waals surface area contributed by atoms with Crippen molar-refractivity contribution in [2.75, 3.05) is 26.4 Å². The van der Waals surface area contributed by atoms with Crippen LogP contribution in [0.25, 0.3) is 11.3 Å². The molecule has 0 bridgehead atoms. The molecule has 1 amide bonds. The molecule has 0 saturated heterocycles. The number of carbonyl (C=O) groups excluding carboxylic acids is 1. The van der Waals surface area contributed by atoms with Gasteiger partial charge in [-0.2, -0.15) is 5.10 Å². The lowest BCUT2D eigenvalue weighted by Gasteiger charge is -2.07. The van der Waals surface area contributed by atoms with Crippen LogP contribution in [-0.4, -0.2) is 53.0 Å². The van der Waals surface area contributed by atoms with Crippen LogP contribution in [0, 0.1) is 6.92 Å². The van der Waals surface area contributed by atoms with Crippen molar-refractivity contribution in [1.82, 2.24) is 19.9 Å². The number of thioether (sulfide) groups is 1. The summed E-state index contributed by atoms with van der Waals surface area (Å²) < 4.78 is 2.15. The van der Waals surface area contributed by atoms with Crippen LogP contribution in [0.3, 0.4) is 0 Å². The number of imidazole rings is 1. The monoisotopic (exact) mass is 343 g/mol. The van der Waals surface area contributed by atoms with Gasteiger partial charge in [0, 0.05) is 17.9 Å². The number of hydrazone groups is 1. The Labute approximate surface area is 146 Å². The Morgan fingerprint density at radius 3 is 2.88 bits per heavy atom. The Balaban J connectivity index is 1.86. The molecule has 1 aliphatic heterocycles. The van der Waals surface area contributed by atoms with E-state index in [4.69, 9.17) is 4.98 Å². The summed E-state index contributed by atoms with van der Waals surface area (Å²) in [6, 6.07) is 8.29. The predicted molar refractivity (Wildman–Crippen MR) is 97.4 cm³/mol. The average molecular weight is 343 g/mol.